The molecule has 0 saturated carbocycles. The van der Waals surface area contributed by atoms with E-state index in [-0.39, 0.29) is 5.17 Å². The summed E-state index contributed by atoms with van der Waals surface area (Å²) in [6, 6.07) is 3.44. The summed E-state index contributed by atoms with van der Waals surface area (Å²) in [6.45, 7) is 0.414. The zero-order valence-corrected chi connectivity index (χ0v) is 9.96. The molecule has 1 aromatic rings. The lowest BCUT2D eigenvalue weighted by Gasteiger charge is -2.03. The summed E-state index contributed by atoms with van der Waals surface area (Å²) in [4.78, 5) is 14.0. The highest BCUT2D eigenvalue weighted by molar-refractivity contribution is 8.13. The number of hydrogen-bond donors (Lipinski definition) is 1. The van der Waals surface area contributed by atoms with E-state index in [1.807, 2.05) is 0 Å². The van der Waals surface area contributed by atoms with Gasteiger partial charge in [0.1, 0.15) is 5.15 Å². The van der Waals surface area contributed by atoms with Crippen molar-refractivity contribution in [1.82, 2.24) is 10.3 Å². The average Bonchev–Trinajstić information content (AvgIpc) is 2.26. The summed E-state index contributed by atoms with van der Waals surface area (Å²) in [5.74, 6) is 0. The summed E-state index contributed by atoms with van der Waals surface area (Å²) in [6.07, 6.45) is 3.30. The summed E-state index contributed by atoms with van der Waals surface area (Å²) >= 11 is 6.79. The molecule has 0 saturated heterocycles. The molecule has 0 spiro atoms. The van der Waals surface area contributed by atoms with Crippen LogP contribution in [-0.4, -0.2) is 21.4 Å². The van der Waals surface area contributed by atoms with Crippen molar-refractivity contribution in [2.75, 3.05) is 6.26 Å². The van der Waals surface area contributed by atoms with Gasteiger partial charge < -0.3 is 5.32 Å². The second-order valence-corrected chi connectivity index (χ2v) is 3.87. The van der Waals surface area contributed by atoms with Crippen LogP contribution in [0.3, 0.4) is 0 Å². The van der Waals surface area contributed by atoms with Crippen molar-refractivity contribution in [2.45, 2.75) is 6.54 Å². The maximum absolute atomic E-state index is 10.2. The molecule has 0 atom stereocenters. The Hall–Kier alpha value is -1.34. The van der Waals surface area contributed by atoms with Crippen LogP contribution in [0, 0.1) is 10.1 Å². The van der Waals surface area contributed by atoms with Crippen molar-refractivity contribution in [2.24, 2.45) is 5.10 Å². The number of aromatic nitrogens is 1. The molecular weight excluding hydrogens is 252 g/mol. The third kappa shape index (κ3) is 4.45. The zero-order valence-electron chi connectivity index (χ0n) is 8.38. The molecule has 6 nitrogen and oxygen atoms in total. The number of halogens is 1. The minimum atomic E-state index is -0.737. The van der Waals surface area contributed by atoms with Gasteiger partial charge in [0, 0.05) is 12.7 Å². The number of rotatable bonds is 3. The standard InChI is InChI=1S/C8H9ClN4O2S/c1-16-8(12-13(14)15)11-5-6-2-3-7(9)10-4-6/h2-4H,5H2,1H3,(H,11,12). The highest BCUT2D eigenvalue weighted by Gasteiger charge is 2.03. The van der Waals surface area contributed by atoms with E-state index in [0.717, 1.165) is 5.56 Å². The van der Waals surface area contributed by atoms with Crippen molar-refractivity contribution in [3.8, 4) is 0 Å². The van der Waals surface area contributed by atoms with Crippen LogP contribution in [0.1, 0.15) is 5.56 Å². The van der Waals surface area contributed by atoms with Crippen LogP contribution in [0.25, 0.3) is 0 Å². The molecular formula is C8H9ClN4O2S. The molecule has 1 rings (SSSR count). The maximum Gasteiger partial charge on any atom is 0.235 e. The van der Waals surface area contributed by atoms with E-state index in [0.29, 0.717) is 11.7 Å². The van der Waals surface area contributed by atoms with Gasteiger partial charge in [-0.2, -0.15) is 0 Å². The molecule has 0 aliphatic rings. The molecule has 1 aromatic heterocycles. The maximum atomic E-state index is 10.2. The first-order valence-electron chi connectivity index (χ1n) is 4.23. The van der Waals surface area contributed by atoms with Crippen molar-refractivity contribution >= 4 is 28.5 Å². The minimum Gasteiger partial charge on any atom is -0.355 e. The van der Waals surface area contributed by atoms with E-state index < -0.39 is 5.03 Å². The molecule has 1 N–H and O–H groups in total. The molecule has 1 heterocycles. The van der Waals surface area contributed by atoms with Gasteiger partial charge in [-0.05, 0) is 17.9 Å². The smallest absolute Gasteiger partial charge is 0.235 e. The summed E-state index contributed by atoms with van der Waals surface area (Å²) in [5.41, 5.74) is 0.870. The van der Waals surface area contributed by atoms with E-state index in [4.69, 9.17) is 11.6 Å². The van der Waals surface area contributed by atoms with Gasteiger partial charge >= 0.3 is 0 Å². The Balaban J connectivity index is 2.56. The van der Waals surface area contributed by atoms with Crippen molar-refractivity contribution in [1.29, 1.82) is 0 Å². The monoisotopic (exact) mass is 260 g/mol. The molecule has 16 heavy (non-hydrogen) atoms. The number of pyridine rings is 1. The molecule has 0 aliphatic carbocycles. The first-order valence-corrected chi connectivity index (χ1v) is 5.83. The molecule has 0 fully saturated rings. The largest absolute Gasteiger partial charge is 0.355 e. The van der Waals surface area contributed by atoms with Gasteiger partial charge in [0.25, 0.3) is 0 Å². The second-order valence-electron chi connectivity index (χ2n) is 2.69. The summed E-state index contributed by atoms with van der Waals surface area (Å²) in [5, 5.41) is 16.1. The predicted molar refractivity (Wildman–Crippen MR) is 64.0 cm³/mol. The Morgan fingerprint density at radius 3 is 3.00 bits per heavy atom. The SMILES string of the molecule is CS/C(=N/[N+](=O)[O-])NCc1ccc(Cl)nc1. The first kappa shape index (κ1) is 12.7. The van der Waals surface area contributed by atoms with E-state index in [1.165, 1.54) is 11.8 Å². The first-order chi connectivity index (χ1) is 7.61. The highest BCUT2D eigenvalue weighted by atomic mass is 35.5. The number of nitro groups is 1. The quantitative estimate of drug-likeness (QED) is 0.294. The molecule has 86 valence electrons. The predicted octanol–water partition coefficient (Wildman–Crippen LogP) is 1.74. The van der Waals surface area contributed by atoms with Gasteiger partial charge in [0.15, 0.2) is 5.03 Å². The lowest BCUT2D eigenvalue weighted by atomic mass is 10.3. The third-order valence-corrected chi connectivity index (χ3v) is 2.43. The van der Waals surface area contributed by atoms with Crippen LogP contribution in [-0.2, 0) is 6.54 Å². The fourth-order valence-corrected chi connectivity index (χ4v) is 1.39. The average molecular weight is 261 g/mol. The lowest BCUT2D eigenvalue weighted by Crippen LogP contribution is -2.20. The number of hydrogen-bond acceptors (Lipinski definition) is 4. The van der Waals surface area contributed by atoms with Crippen LogP contribution >= 0.6 is 23.4 Å². The van der Waals surface area contributed by atoms with Gasteiger partial charge in [-0.15, -0.1) is 0 Å². The van der Waals surface area contributed by atoms with E-state index >= 15 is 0 Å². The molecule has 0 aliphatic heterocycles. The number of nitrogens with one attached hydrogen (secondary N) is 1. The van der Waals surface area contributed by atoms with E-state index in [1.54, 1.807) is 24.6 Å². The molecule has 0 aromatic carbocycles. The number of thioether (sulfide) groups is 1. The fraction of sp³-hybridized carbons (Fsp3) is 0.250. The number of hydrazone groups is 1. The zero-order chi connectivity index (χ0) is 12.0. The Morgan fingerprint density at radius 2 is 2.50 bits per heavy atom. The van der Waals surface area contributed by atoms with Gasteiger partial charge in [-0.3, -0.25) is 0 Å². The Bertz CT molecular complexity index is 396. The van der Waals surface area contributed by atoms with Crippen LogP contribution in [0.2, 0.25) is 5.15 Å². The normalized spacial score (nSPS) is 11.2. The second kappa shape index (κ2) is 6.29. The van der Waals surface area contributed by atoms with Crippen LogP contribution in [0.5, 0.6) is 0 Å². The molecule has 0 radical (unpaired) electrons. The Labute approximate surface area is 101 Å². The summed E-state index contributed by atoms with van der Waals surface area (Å²) < 4.78 is 0. The van der Waals surface area contributed by atoms with E-state index in [2.05, 4.69) is 15.4 Å². The Morgan fingerprint density at radius 1 is 1.75 bits per heavy atom. The van der Waals surface area contributed by atoms with Gasteiger partial charge in [-0.1, -0.05) is 29.4 Å². The molecule has 0 unspecified atom stereocenters. The highest BCUT2D eigenvalue weighted by Crippen LogP contribution is 2.05. The fourth-order valence-electron chi connectivity index (χ4n) is 0.911. The summed E-state index contributed by atoms with van der Waals surface area (Å²) in [7, 11) is 0. The van der Waals surface area contributed by atoms with E-state index in [9.17, 15) is 10.1 Å². The topological polar surface area (TPSA) is 80.4 Å². The molecule has 0 bridgehead atoms. The molecule has 8 heteroatoms. The number of amidine groups is 1. The molecule has 0 amide bonds. The van der Waals surface area contributed by atoms with Crippen molar-refractivity contribution in [3.05, 3.63) is 39.2 Å². The Kier molecular flexibility index (Phi) is 5.00. The van der Waals surface area contributed by atoms with Crippen molar-refractivity contribution < 1.29 is 5.03 Å². The van der Waals surface area contributed by atoms with Gasteiger partial charge in [0.2, 0.25) is 5.17 Å². The lowest BCUT2D eigenvalue weighted by molar-refractivity contribution is -0.484. The minimum absolute atomic E-state index is 0.250. The third-order valence-electron chi connectivity index (χ3n) is 1.60. The van der Waals surface area contributed by atoms with Crippen LogP contribution < -0.4 is 5.32 Å². The van der Waals surface area contributed by atoms with Gasteiger partial charge in [-0.25, -0.2) is 15.1 Å². The van der Waals surface area contributed by atoms with Crippen LogP contribution in [0.15, 0.2) is 23.4 Å². The van der Waals surface area contributed by atoms with Crippen LogP contribution in [0.4, 0.5) is 0 Å². The number of nitrogens with zero attached hydrogens (tertiary/aromatic N) is 3. The van der Waals surface area contributed by atoms with Crippen molar-refractivity contribution in [3.63, 3.8) is 0 Å². The van der Waals surface area contributed by atoms with Gasteiger partial charge in [0.05, 0.1) is 5.10 Å².